The van der Waals surface area contributed by atoms with Crippen LogP contribution in [-0.4, -0.2) is 32.2 Å². The van der Waals surface area contributed by atoms with Gasteiger partial charge in [-0.25, -0.2) is 9.78 Å². The van der Waals surface area contributed by atoms with Gasteiger partial charge in [0.2, 0.25) is 0 Å². The highest BCUT2D eigenvalue weighted by molar-refractivity contribution is 5.71. The third-order valence-electron chi connectivity index (χ3n) is 6.87. The SMILES string of the molecule is Cn1cc(-c2cc(-c3cnc(N)c(C(F)(F)F)c3)ccn2)n(-c2ccc(N3CCCCC3)c(C(F)(F)F)c2)c1=O. The van der Waals surface area contributed by atoms with Crippen molar-refractivity contribution < 1.29 is 26.3 Å². The van der Waals surface area contributed by atoms with Crippen molar-refractivity contribution in [1.82, 2.24) is 19.1 Å². The molecule has 210 valence electrons. The van der Waals surface area contributed by atoms with Crippen LogP contribution in [0.4, 0.5) is 37.8 Å². The van der Waals surface area contributed by atoms with E-state index in [9.17, 15) is 31.1 Å². The summed E-state index contributed by atoms with van der Waals surface area (Å²) in [6.45, 7) is 1.01. The first-order valence-corrected chi connectivity index (χ1v) is 12.4. The number of pyridine rings is 2. The van der Waals surface area contributed by atoms with Gasteiger partial charge in [-0.1, -0.05) is 0 Å². The van der Waals surface area contributed by atoms with E-state index < -0.39 is 35.0 Å². The molecular weight excluding hydrogens is 538 g/mol. The summed E-state index contributed by atoms with van der Waals surface area (Å²) >= 11 is 0. The molecule has 1 aliphatic rings. The van der Waals surface area contributed by atoms with Gasteiger partial charge in [-0.3, -0.25) is 9.55 Å². The van der Waals surface area contributed by atoms with Gasteiger partial charge in [0.05, 0.1) is 28.2 Å². The standard InChI is InChI=1S/C27H24F6N6O/c1-37-15-23(21-12-16(7-8-35-21)17-11-20(27(31,32)33)24(34)36-14-17)39(25(37)40)18-5-6-22(19(13-18)26(28,29)30)38-9-3-2-4-10-38/h5-8,11-15H,2-4,9-10H2,1H3,(H2,34,36). The van der Waals surface area contributed by atoms with E-state index in [4.69, 9.17) is 5.73 Å². The Bertz CT molecular complexity index is 1620. The van der Waals surface area contributed by atoms with E-state index in [1.54, 1.807) is 4.90 Å². The Morgan fingerprint density at radius 3 is 2.23 bits per heavy atom. The molecule has 0 aliphatic carbocycles. The number of imidazole rings is 1. The first kappa shape index (κ1) is 27.3. The fourth-order valence-corrected chi connectivity index (χ4v) is 4.90. The highest BCUT2D eigenvalue weighted by atomic mass is 19.4. The lowest BCUT2D eigenvalue weighted by Gasteiger charge is -2.31. The Kier molecular flexibility index (Phi) is 6.84. The summed E-state index contributed by atoms with van der Waals surface area (Å²) in [6, 6.07) is 7.51. The molecule has 13 heteroatoms. The second-order valence-electron chi connectivity index (χ2n) is 9.57. The summed E-state index contributed by atoms with van der Waals surface area (Å²) in [6.07, 6.45) is -2.95. The number of anilines is 2. The summed E-state index contributed by atoms with van der Waals surface area (Å²) in [7, 11) is 1.44. The average Bonchev–Trinajstić information content (AvgIpc) is 3.22. The van der Waals surface area contributed by atoms with Crippen LogP contribution in [0.5, 0.6) is 0 Å². The molecular formula is C27H24F6N6O. The number of benzene rings is 1. The Morgan fingerprint density at radius 1 is 0.850 bits per heavy atom. The van der Waals surface area contributed by atoms with Crippen molar-refractivity contribution >= 4 is 11.5 Å². The van der Waals surface area contributed by atoms with E-state index in [2.05, 4.69) is 9.97 Å². The van der Waals surface area contributed by atoms with E-state index in [0.29, 0.717) is 18.7 Å². The second kappa shape index (κ2) is 10.0. The number of hydrogen-bond acceptors (Lipinski definition) is 5. The fraction of sp³-hybridized carbons (Fsp3) is 0.296. The highest BCUT2D eigenvalue weighted by Crippen LogP contribution is 2.40. The van der Waals surface area contributed by atoms with Gasteiger partial charge in [0, 0.05) is 50.0 Å². The molecule has 3 aromatic heterocycles. The van der Waals surface area contributed by atoms with Crippen molar-refractivity contribution in [2.24, 2.45) is 7.05 Å². The zero-order valence-corrected chi connectivity index (χ0v) is 21.2. The third-order valence-corrected chi connectivity index (χ3v) is 6.87. The molecule has 0 atom stereocenters. The van der Waals surface area contributed by atoms with E-state index in [1.807, 2.05) is 0 Å². The molecule has 0 spiro atoms. The van der Waals surface area contributed by atoms with E-state index in [0.717, 1.165) is 36.0 Å². The topological polar surface area (TPSA) is 82.0 Å². The number of rotatable bonds is 4. The summed E-state index contributed by atoms with van der Waals surface area (Å²) < 4.78 is 85.0. The summed E-state index contributed by atoms with van der Waals surface area (Å²) in [5, 5.41) is 0. The van der Waals surface area contributed by atoms with Gasteiger partial charge in [0.15, 0.2) is 0 Å². The number of alkyl halides is 6. The lowest BCUT2D eigenvalue weighted by Crippen LogP contribution is -2.31. The maximum atomic E-state index is 14.2. The van der Waals surface area contributed by atoms with E-state index >= 15 is 0 Å². The number of halogens is 6. The third kappa shape index (κ3) is 5.15. The smallest absolute Gasteiger partial charge is 0.383 e. The van der Waals surface area contributed by atoms with Crippen LogP contribution in [0.2, 0.25) is 0 Å². The monoisotopic (exact) mass is 562 g/mol. The molecule has 4 heterocycles. The van der Waals surface area contributed by atoms with Crippen LogP contribution >= 0.6 is 0 Å². The number of nitrogens with zero attached hydrogens (tertiary/aromatic N) is 5. The van der Waals surface area contributed by atoms with Gasteiger partial charge < -0.3 is 15.2 Å². The molecule has 1 fully saturated rings. The zero-order chi connectivity index (χ0) is 28.8. The Balaban J connectivity index is 1.62. The van der Waals surface area contributed by atoms with Crippen molar-refractivity contribution in [3.05, 3.63) is 76.6 Å². The van der Waals surface area contributed by atoms with Gasteiger partial charge in [0.1, 0.15) is 5.82 Å². The number of aryl methyl sites for hydroxylation is 1. The van der Waals surface area contributed by atoms with Gasteiger partial charge in [0.25, 0.3) is 0 Å². The van der Waals surface area contributed by atoms with Gasteiger partial charge in [-0.05, 0) is 61.2 Å². The molecule has 2 N–H and O–H groups in total. The molecule has 4 aromatic rings. The minimum Gasteiger partial charge on any atom is -0.383 e. The van der Waals surface area contributed by atoms with Crippen LogP contribution in [0, 0.1) is 0 Å². The molecule has 0 amide bonds. The Hall–Kier alpha value is -4.29. The van der Waals surface area contributed by atoms with Crippen LogP contribution in [0.25, 0.3) is 28.2 Å². The first-order chi connectivity index (χ1) is 18.8. The van der Waals surface area contributed by atoms with Crippen LogP contribution in [0.15, 0.2) is 59.8 Å². The van der Waals surface area contributed by atoms with E-state index in [-0.39, 0.29) is 28.3 Å². The van der Waals surface area contributed by atoms with Crippen molar-refractivity contribution in [3.8, 4) is 28.2 Å². The normalized spacial score (nSPS) is 14.5. The highest BCUT2D eigenvalue weighted by Gasteiger charge is 2.36. The number of hydrogen-bond donors (Lipinski definition) is 1. The minimum absolute atomic E-state index is 0.0191. The molecule has 5 rings (SSSR count). The quantitative estimate of drug-likeness (QED) is 0.313. The molecule has 1 saturated heterocycles. The van der Waals surface area contributed by atoms with Crippen molar-refractivity contribution in [1.29, 1.82) is 0 Å². The fourth-order valence-electron chi connectivity index (χ4n) is 4.90. The van der Waals surface area contributed by atoms with Gasteiger partial charge in [-0.15, -0.1) is 0 Å². The molecule has 7 nitrogen and oxygen atoms in total. The van der Waals surface area contributed by atoms with Crippen LogP contribution in [0.1, 0.15) is 30.4 Å². The summed E-state index contributed by atoms with van der Waals surface area (Å²) in [5.41, 5.74) is 3.58. The number of aromatic nitrogens is 4. The molecule has 1 aromatic carbocycles. The van der Waals surface area contributed by atoms with Gasteiger partial charge >= 0.3 is 18.0 Å². The van der Waals surface area contributed by atoms with Crippen molar-refractivity contribution in [2.75, 3.05) is 23.7 Å². The predicted molar refractivity (Wildman–Crippen MR) is 138 cm³/mol. The molecule has 0 bridgehead atoms. The van der Waals surface area contributed by atoms with Crippen LogP contribution in [-0.2, 0) is 19.4 Å². The lowest BCUT2D eigenvalue weighted by atomic mass is 10.0. The number of nitrogens with two attached hydrogens (primary N) is 1. The Labute approximate surface area is 224 Å². The minimum atomic E-state index is -4.72. The zero-order valence-electron chi connectivity index (χ0n) is 21.2. The lowest BCUT2D eigenvalue weighted by molar-refractivity contribution is -0.137. The summed E-state index contributed by atoms with van der Waals surface area (Å²) in [5.74, 6) is -0.670. The number of piperidine rings is 1. The first-order valence-electron chi connectivity index (χ1n) is 12.4. The maximum absolute atomic E-state index is 14.2. The number of nitrogen functional groups attached to an aromatic ring is 1. The average molecular weight is 563 g/mol. The molecule has 0 saturated carbocycles. The van der Waals surface area contributed by atoms with Crippen molar-refractivity contribution in [3.63, 3.8) is 0 Å². The second-order valence-corrected chi connectivity index (χ2v) is 9.57. The molecule has 1 aliphatic heterocycles. The van der Waals surface area contributed by atoms with Gasteiger partial charge in [-0.2, -0.15) is 26.3 Å². The molecule has 0 radical (unpaired) electrons. The predicted octanol–water partition coefficient (Wildman–Crippen LogP) is 5.91. The van der Waals surface area contributed by atoms with Crippen LogP contribution in [0.3, 0.4) is 0 Å². The summed E-state index contributed by atoms with van der Waals surface area (Å²) in [4.78, 5) is 22.7. The van der Waals surface area contributed by atoms with E-state index in [1.165, 1.54) is 54.5 Å². The van der Waals surface area contributed by atoms with Crippen molar-refractivity contribution in [2.45, 2.75) is 31.6 Å². The van der Waals surface area contributed by atoms with Crippen LogP contribution < -0.4 is 16.3 Å². The molecule has 40 heavy (non-hydrogen) atoms. The Morgan fingerprint density at radius 2 is 1.55 bits per heavy atom. The maximum Gasteiger partial charge on any atom is 0.419 e. The molecule has 0 unspecified atom stereocenters. The largest absolute Gasteiger partial charge is 0.419 e.